The molecule has 0 spiro atoms. The third-order valence-corrected chi connectivity index (χ3v) is 3.57. The van der Waals surface area contributed by atoms with Gasteiger partial charge in [-0.25, -0.2) is 0 Å². The van der Waals surface area contributed by atoms with Gasteiger partial charge in [0, 0.05) is 26.2 Å². The van der Waals surface area contributed by atoms with Gasteiger partial charge in [-0.2, -0.15) is 0 Å². The average Bonchev–Trinajstić information content (AvgIpc) is 2.81. The van der Waals surface area contributed by atoms with Crippen molar-refractivity contribution in [1.82, 2.24) is 10.2 Å². The Morgan fingerprint density at radius 1 is 1.25 bits per heavy atom. The molecule has 1 aromatic rings. The molecule has 1 N–H and O–H groups in total. The zero-order valence-electron chi connectivity index (χ0n) is 13.2. The molecule has 1 aliphatic rings. The first-order valence-electron chi connectivity index (χ1n) is 7.54. The van der Waals surface area contributed by atoms with Crippen LogP contribution in [0, 0.1) is 12.3 Å². The van der Waals surface area contributed by atoms with Crippen molar-refractivity contribution in [3.63, 3.8) is 0 Å². The predicted molar refractivity (Wildman–Crippen MR) is 80.9 cm³/mol. The summed E-state index contributed by atoms with van der Waals surface area (Å²) >= 11 is 0. The van der Waals surface area contributed by atoms with Crippen molar-refractivity contribution in [3.05, 3.63) is 23.7 Å². The monoisotopic (exact) mass is 280 g/mol. The molecular formula is C16H28N2O2. The summed E-state index contributed by atoms with van der Waals surface area (Å²) in [6.45, 7) is 14.3. The standard InChI is InChI=1S/C16H28N2O2/c1-13-5-6-15(20-13)14(11-17-12-16(2,3)4)18-7-9-19-10-8-18/h5-6,14,17H,7-12H2,1-4H3. The number of furan rings is 1. The van der Waals surface area contributed by atoms with Gasteiger partial charge < -0.3 is 14.5 Å². The quantitative estimate of drug-likeness (QED) is 0.899. The zero-order chi connectivity index (χ0) is 14.6. The predicted octanol–water partition coefficient (Wildman–Crippen LogP) is 2.60. The highest BCUT2D eigenvalue weighted by atomic mass is 16.5. The Bertz CT molecular complexity index is 403. The number of hydrogen-bond acceptors (Lipinski definition) is 4. The zero-order valence-corrected chi connectivity index (χ0v) is 13.2. The smallest absolute Gasteiger partial charge is 0.122 e. The molecule has 4 heteroatoms. The summed E-state index contributed by atoms with van der Waals surface area (Å²) in [5.74, 6) is 2.04. The molecule has 0 radical (unpaired) electrons. The molecule has 2 rings (SSSR count). The third-order valence-electron chi connectivity index (χ3n) is 3.57. The van der Waals surface area contributed by atoms with Gasteiger partial charge in [0.2, 0.25) is 0 Å². The van der Waals surface area contributed by atoms with E-state index in [1.807, 2.05) is 13.0 Å². The van der Waals surface area contributed by atoms with Gasteiger partial charge in [-0.05, 0) is 24.5 Å². The largest absolute Gasteiger partial charge is 0.465 e. The van der Waals surface area contributed by atoms with Crippen LogP contribution in [0.25, 0.3) is 0 Å². The van der Waals surface area contributed by atoms with Crippen molar-refractivity contribution >= 4 is 0 Å². The van der Waals surface area contributed by atoms with E-state index in [4.69, 9.17) is 9.15 Å². The van der Waals surface area contributed by atoms with E-state index < -0.39 is 0 Å². The van der Waals surface area contributed by atoms with E-state index in [0.717, 1.165) is 50.9 Å². The Morgan fingerprint density at radius 2 is 1.95 bits per heavy atom. The fraction of sp³-hybridized carbons (Fsp3) is 0.750. The van der Waals surface area contributed by atoms with E-state index >= 15 is 0 Å². The summed E-state index contributed by atoms with van der Waals surface area (Å²) in [5, 5.41) is 3.59. The number of hydrogen-bond donors (Lipinski definition) is 1. The Morgan fingerprint density at radius 3 is 2.50 bits per heavy atom. The second-order valence-electron chi connectivity index (χ2n) is 6.80. The molecule has 2 heterocycles. The van der Waals surface area contributed by atoms with Crippen LogP contribution in [-0.4, -0.2) is 44.3 Å². The molecule has 0 amide bonds. The molecule has 4 nitrogen and oxygen atoms in total. The van der Waals surface area contributed by atoms with Gasteiger partial charge in [0.05, 0.1) is 19.3 Å². The minimum atomic E-state index is 0.300. The molecule has 0 saturated carbocycles. The first-order valence-corrected chi connectivity index (χ1v) is 7.54. The summed E-state index contributed by atoms with van der Waals surface area (Å²) in [6.07, 6.45) is 0. The maximum Gasteiger partial charge on any atom is 0.122 e. The normalized spacial score (nSPS) is 19.2. The van der Waals surface area contributed by atoms with Crippen LogP contribution in [0.3, 0.4) is 0 Å². The van der Waals surface area contributed by atoms with Crippen molar-refractivity contribution in [1.29, 1.82) is 0 Å². The number of ether oxygens (including phenoxy) is 1. The van der Waals surface area contributed by atoms with Crippen molar-refractivity contribution in [2.24, 2.45) is 5.41 Å². The summed E-state index contributed by atoms with van der Waals surface area (Å²) in [7, 11) is 0. The SMILES string of the molecule is Cc1ccc(C(CNCC(C)(C)C)N2CCOCC2)o1. The van der Waals surface area contributed by atoms with Crippen LogP contribution >= 0.6 is 0 Å². The fourth-order valence-electron chi connectivity index (χ4n) is 2.52. The van der Waals surface area contributed by atoms with Crippen molar-refractivity contribution < 1.29 is 9.15 Å². The van der Waals surface area contributed by atoms with E-state index in [1.165, 1.54) is 0 Å². The van der Waals surface area contributed by atoms with Gasteiger partial charge in [0.25, 0.3) is 0 Å². The van der Waals surface area contributed by atoms with Crippen LogP contribution in [0.2, 0.25) is 0 Å². The van der Waals surface area contributed by atoms with E-state index in [-0.39, 0.29) is 0 Å². The second kappa shape index (κ2) is 6.74. The minimum absolute atomic E-state index is 0.300. The highest BCUT2D eigenvalue weighted by Gasteiger charge is 2.25. The minimum Gasteiger partial charge on any atom is -0.465 e. The summed E-state index contributed by atoms with van der Waals surface area (Å²) < 4.78 is 11.3. The van der Waals surface area contributed by atoms with E-state index in [9.17, 15) is 0 Å². The molecule has 1 atom stereocenters. The lowest BCUT2D eigenvalue weighted by Crippen LogP contribution is -2.43. The van der Waals surface area contributed by atoms with Crippen LogP contribution in [0.15, 0.2) is 16.5 Å². The summed E-state index contributed by atoms with van der Waals surface area (Å²) in [4.78, 5) is 2.46. The lowest BCUT2D eigenvalue weighted by molar-refractivity contribution is 0.0112. The number of morpholine rings is 1. The molecule has 1 aromatic heterocycles. The van der Waals surface area contributed by atoms with Gasteiger partial charge >= 0.3 is 0 Å². The maximum atomic E-state index is 5.86. The molecule has 0 aliphatic carbocycles. The topological polar surface area (TPSA) is 37.6 Å². The van der Waals surface area contributed by atoms with E-state index in [2.05, 4.69) is 37.1 Å². The van der Waals surface area contributed by atoms with Gasteiger partial charge in [-0.15, -0.1) is 0 Å². The Balaban J connectivity index is 2.00. The molecule has 0 aromatic carbocycles. The molecule has 114 valence electrons. The van der Waals surface area contributed by atoms with Gasteiger partial charge in [0.1, 0.15) is 11.5 Å². The van der Waals surface area contributed by atoms with Crippen LogP contribution in [-0.2, 0) is 4.74 Å². The van der Waals surface area contributed by atoms with Crippen LogP contribution in [0.4, 0.5) is 0 Å². The van der Waals surface area contributed by atoms with Crippen molar-refractivity contribution in [2.45, 2.75) is 33.7 Å². The first kappa shape index (κ1) is 15.5. The second-order valence-corrected chi connectivity index (χ2v) is 6.80. The van der Waals surface area contributed by atoms with Crippen LogP contribution in [0.1, 0.15) is 38.3 Å². The average molecular weight is 280 g/mol. The third kappa shape index (κ3) is 4.62. The fourth-order valence-corrected chi connectivity index (χ4v) is 2.52. The van der Waals surface area contributed by atoms with E-state index in [1.54, 1.807) is 0 Å². The van der Waals surface area contributed by atoms with Crippen LogP contribution in [0.5, 0.6) is 0 Å². The number of rotatable bonds is 5. The Kier molecular flexibility index (Phi) is 5.24. The lowest BCUT2D eigenvalue weighted by atomic mass is 9.97. The highest BCUT2D eigenvalue weighted by molar-refractivity contribution is 5.10. The van der Waals surface area contributed by atoms with Crippen molar-refractivity contribution in [2.75, 3.05) is 39.4 Å². The Hall–Kier alpha value is -0.840. The summed E-state index contributed by atoms with van der Waals surface area (Å²) in [6, 6.07) is 4.45. The molecule has 1 aliphatic heterocycles. The maximum absolute atomic E-state index is 5.86. The molecular weight excluding hydrogens is 252 g/mol. The van der Waals surface area contributed by atoms with Gasteiger partial charge in [-0.3, -0.25) is 4.90 Å². The molecule has 20 heavy (non-hydrogen) atoms. The molecule has 1 unspecified atom stereocenters. The summed E-state index contributed by atoms with van der Waals surface area (Å²) in [5.41, 5.74) is 0.300. The Labute approximate surface area is 122 Å². The molecule has 0 bridgehead atoms. The van der Waals surface area contributed by atoms with E-state index in [0.29, 0.717) is 11.5 Å². The molecule has 1 saturated heterocycles. The van der Waals surface area contributed by atoms with Gasteiger partial charge in [-0.1, -0.05) is 20.8 Å². The van der Waals surface area contributed by atoms with Crippen LogP contribution < -0.4 is 5.32 Å². The highest BCUT2D eigenvalue weighted by Crippen LogP contribution is 2.23. The molecule has 1 fully saturated rings. The lowest BCUT2D eigenvalue weighted by Gasteiger charge is -2.34. The number of aryl methyl sites for hydroxylation is 1. The number of nitrogens with one attached hydrogen (secondary N) is 1. The van der Waals surface area contributed by atoms with Gasteiger partial charge in [0.15, 0.2) is 0 Å². The van der Waals surface area contributed by atoms with Crippen molar-refractivity contribution in [3.8, 4) is 0 Å². The number of nitrogens with zero attached hydrogens (tertiary/aromatic N) is 1. The first-order chi connectivity index (χ1) is 9.46.